The van der Waals surface area contributed by atoms with Crippen LogP contribution in [0.1, 0.15) is 46.5 Å². The maximum atomic E-state index is 11.3. The highest BCUT2D eigenvalue weighted by Gasteiger charge is 2.25. The van der Waals surface area contributed by atoms with E-state index < -0.39 is 11.7 Å². The lowest BCUT2D eigenvalue weighted by molar-refractivity contribution is 0.0443. The zero-order valence-corrected chi connectivity index (χ0v) is 10.5. The van der Waals surface area contributed by atoms with E-state index in [2.05, 4.69) is 5.32 Å². The van der Waals surface area contributed by atoms with E-state index in [0.717, 1.165) is 12.8 Å². The normalized spacial score (nSPS) is 18.8. The van der Waals surface area contributed by atoms with E-state index in [4.69, 9.17) is 4.74 Å². The van der Waals surface area contributed by atoms with Crippen molar-refractivity contribution >= 4 is 6.09 Å². The second-order valence-corrected chi connectivity index (χ2v) is 5.48. The maximum Gasteiger partial charge on any atom is 0.407 e. The zero-order chi connectivity index (χ0) is 12.2. The number of aliphatic hydroxyl groups is 1. The smallest absolute Gasteiger partial charge is 0.407 e. The maximum absolute atomic E-state index is 11.3. The third-order valence-electron chi connectivity index (χ3n) is 2.80. The van der Waals surface area contributed by atoms with Crippen molar-refractivity contribution in [2.45, 2.75) is 58.2 Å². The minimum Gasteiger partial charge on any atom is -0.444 e. The van der Waals surface area contributed by atoms with Gasteiger partial charge in [-0.25, -0.2) is 4.79 Å². The number of nitrogens with one attached hydrogen (secondary N) is 1. The molecule has 0 aliphatic heterocycles. The minimum absolute atomic E-state index is 0.274. The third kappa shape index (κ3) is 4.84. The van der Waals surface area contributed by atoms with Gasteiger partial charge in [0.25, 0.3) is 0 Å². The molecule has 1 aliphatic carbocycles. The summed E-state index contributed by atoms with van der Waals surface area (Å²) in [6.45, 7) is 5.97. The number of amides is 1. The number of hydrogen-bond acceptors (Lipinski definition) is 3. The number of alkyl carbamates (subject to hydrolysis) is 1. The van der Waals surface area contributed by atoms with Crippen LogP contribution in [0, 0.1) is 5.92 Å². The Bertz CT molecular complexity index is 231. The largest absolute Gasteiger partial charge is 0.444 e. The Morgan fingerprint density at radius 2 is 2.12 bits per heavy atom. The van der Waals surface area contributed by atoms with Gasteiger partial charge in [0.15, 0.2) is 0 Å². The van der Waals surface area contributed by atoms with Crippen LogP contribution in [-0.4, -0.2) is 29.4 Å². The van der Waals surface area contributed by atoms with Crippen LogP contribution in [0.3, 0.4) is 0 Å². The molecule has 1 saturated carbocycles. The summed E-state index contributed by atoms with van der Waals surface area (Å²) in [5.41, 5.74) is -0.462. The molecule has 4 heteroatoms. The highest BCUT2D eigenvalue weighted by molar-refractivity contribution is 5.67. The lowest BCUT2D eigenvalue weighted by Gasteiger charge is -2.30. The first-order valence-corrected chi connectivity index (χ1v) is 6.03. The predicted octanol–water partition coefficient (Wildman–Crippen LogP) is 2.06. The summed E-state index contributed by atoms with van der Waals surface area (Å²) in [5.74, 6) is 0.445. The molecule has 2 N–H and O–H groups in total. The van der Waals surface area contributed by atoms with Crippen molar-refractivity contribution in [2.75, 3.05) is 6.54 Å². The Hall–Kier alpha value is -0.770. The van der Waals surface area contributed by atoms with Crippen molar-refractivity contribution in [1.29, 1.82) is 0 Å². The van der Waals surface area contributed by atoms with Crippen molar-refractivity contribution in [3.63, 3.8) is 0 Å². The van der Waals surface area contributed by atoms with Crippen molar-refractivity contribution in [3.8, 4) is 0 Å². The minimum atomic E-state index is -0.462. The first-order valence-electron chi connectivity index (χ1n) is 6.03. The van der Waals surface area contributed by atoms with E-state index >= 15 is 0 Å². The molecule has 0 heterocycles. The second kappa shape index (κ2) is 5.53. The molecule has 1 unspecified atom stereocenters. The molecule has 1 atom stereocenters. The number of carbonyl (C=O) groups is 1. The summed E-state index contributed by atoms with van der Waals surface area (Å²) >= 11 is 0. The SMILES string of the molecule is CC(C)(C)OC(=O)NCCC(O)C1CCC1. The van der Waals surface area contributed by atoms with Crippen molar-refractivity contribution in [1.82, 2.24) is 5.32 Å². The number of hydrogen-bond donors (Lipinski definition) is 2. The van der Waals surface area contributed by atoms with Gasteiger partial charge in [-0.05, 0) is 46.0 Å². The van der Waals surface area contributed by atoms with Gasteiger partial charge >= 0.3 is 6.09 Å². The molecule has 4 nitrogen and oxygen atoms in total. The quantitative estimate of drug-likeness (QED) is 0.775. The molecule has 1 amide bonds. The van der Waals surface area contributed by atoms with E-state index in [-0.39, 0.29) is 6.10 Å². The van der Waals surface area contributed by atoms with Gasteiger partial charge < -0.3 is 15.2 Å². The Kier molecular flexibility index (Phi) is 4.59. The van der Waals surface area contributed by atoms with Crippen LogP contribution < -0.4 is 5.32 Å². The van der Waals surface area contributed by atoms with Gasteiger partial charge in [-0.15, -0.1) is 0 Å². The van der Waals surface area contributed by atoms with Crippen LogP contribution in [0.15, 0.2) is 0 Å². The second-order valence-electron chi connectivity index (χ2n) is 5.48. The van der Waals surface area contributed by atoms with Gasteiger partial charge in [-0.2, -0.15) is 0 Å². The summed E-state index contributed by atoms with van der Waals surface area (Å²) in [6, 6.07) is 0. The fourth-order valence-electron chi connectivity index (χ4n) is 1.70. The van der Waals surface area contributed by atoms with Crippen LogP contribution in [0.4, 0.5) is 4.79 Å². The molecule has 16 heavy (non-hydrogen) atoms. The molecule has 0 aromatic carbocycles. The molecule has 0 radical (unpaired) electrons. The van der Waals surface area contributed by atoms with E-state index in [1.807, 2.05) is 20.8 Å². The fraction of sp³-hybridized carbons (Fsp3) is 0.917. The lowest BCUT2D eigenvalue weighted by atomic mass is 9.80. The van der Waals surface area contributed by atoms with Crippen molar-refractivity contribution in [3.05, 3.63) is 0 Å². The molecule has 94 valence electrons. The van der Waals surface area contributed by atoms with Crippen LogP contribution in [0.5, 0.6) is 0 Å². The monoisotopic (exact) mass is 229 g/mol. The van der Waals surface area contributed by atoms with Crippen LogP contribution >= 0.6 is 0 Å². The van der Waals surface area contributed by atoms with Gasteiger partial charge in [-0.1, -0.05) is 6.42 Å². The summed E-state index contributed by atoms with van der Waals surface area (Å²) in [7, 11) is 0. The van der Waals surface area contributed by atoms with E-state index in [1.165, 1.54) is 6.42 Å². The predicted molar refractivity (Wildman–Crippen MR) is 62.2 cm³/mol. The molecule has 1 aliphatic rings. The topological polar surface area (TPSA) is 58.6 Å². The van der Waals surface area contributed by atoms with Gasteiger partial charge in [0.05, 0.1) is 6.10 Å². The van der Waals surface area contributed by atoms with Crippen LogP contribution in [-0.2, 0) is 4.74 Å². The highest BCUT2D eigenvalue weighted by Crippen LogP contribution is 2.30. The molecule has 1 fully saturated rings. The Morgan fingerprint density at radius 1 is 1.50 bits per heavy atom. The number of ether oxygens (including phenoxy) is 1. The van der Waals surface area contributed by atoms with Crippen molar-refractivity contribution < 1.29 is 14.6 Å². The molecule has 0 bridgehead atoms. The van der Waals surface area contributed by atoms with Crippen LogP contribution in [0.2, 0.25) is 0 Å². The average molecular weight is 229 g/mol. The summed E-state index contributed by atoms with van der Waals surface area (Å²) in [5, 5.41) is 12.4. The van der Waals surface area contributed by atoms with E-state index in [0.29, 0.717) is 18.9 Å². The average Bonchev–Trinajstić information content (AvgIpc) is 1.96. The third-order valence-corrected chi connectivity index (χ3v) is 2.80. The number of rotatable bonds is 4. The summed E-state index contributed by atoms with van der Waals surface area (Å²) in [6.07, 6.45) is 3.39. The Labute approximate surface area is 97.4 Å². The van der Waals surface area contributed by atoms with Gasteiger partial charge in [0.2, 0.25) is 0 Å². The number of carbonyl (C=O) groups excluding carboxylic acids is 1. The first kappa shape index (κ1) is 13.3. The van der Waals surface area contributed by atoms with Gasteiger partial charge in [0.1, 0.15) is 5.60 Å². The van der Waals surface area contributed by atoms with E-state index in [1.54, 1.807) is 0 Å². The standard InChI is InChI=1S/C12H23NO3/c1-12(2,3)16-11(15)13-8-7-10(14)9-5-4-6-9/h9-10,14H,4-8H2,1-3H3,(H,13,15). The Balaban J connectivity index is 2.08. The lowest BCUT2D eigenvalue weighted by Crippen LogP contribution is -2.35. The molecule has 0 aromatic heterocycles. The molecular formula is C12H23NO3. The summed E-state index contributed by atoms with van der Waals surface area (Å²) in [4.78, 5) is 11.3. The molecular weight excluding hydrogens is 206 g/mol. The molecule has 0 saturated heterocycles. The molecule has 1 rings (SSSR count). The Morgan fingerprint density at radius 3 is 2.56 bits per heavy atom. The molecule has 0 aromatic rings. The first-order chi connectivity index (χ1) is 7.38. The van der Waals surface area contributed by atoms with Crippen molar-refractivity contribution in [2.24, 2.45) is 5.92 Å². The fourth-order valence-corrected chi connectivity index (χ4v) is 1.70. The number of aliphatic hydroxyl groups excluding tert-OH is 1. The zero-order valence-electron chi connectivity index (χ0n) is 10.5. The van der Waals surface area contributed by atoms with E-state index in [9.17, 15) is 9.90 Å². The van der Waals surface area contributed by atoms with Crippen LogP contribution in [0.25, 0.3) is 0 Å². The van der Waals surface area contributed by atoms with Gasteiger partial charge in [0, 0.05) is 6.54 Å². The molecule has 0 spiro atoms. The van der Waals surface area contributed by atoms with Gasteiger partial charge in [-0.3, -0.25) is 0 Å². The highest BCUT2D eigenvalue weighted by atomic mass is 16.6. The summed E-state index contributed by atoms with van der Waals surface area (Å²) < 4.78 is 5.09.